The lowest BCUT2D eigenvalue weighted by atomic mass is 10.2. The van der Waals surface area contributed by atoms with Crippen molar-refractivity contribution < 1.29 is 12.6 Å². The van der Waals surface area contributed by atoms with E-state index in [2.05, 4.69) is 10.3 Å². The Hall–Kier alpha value is -1.58. The molecule has 0 saturated carbocycles. The second-order valence-electron chi connectivity index (χ2n) is 6.65. The van der Waals surface area contributed by atoms with Crippen molar-refractivity contribution in [3.8, 4) is 0 Å². The summed E-state index contributed by atoms with van der Waals surface area (Å²) in [6, 6.07) is 12.1. The Morgan fingerprint density at radius 2 is 1.96 bits per heavy atom. The average molecular weight is 440 g/mol. The molecule has 2 aromatic rings. The highest BCUT2D eigenvalue weighted by Crippen LogP contribution is 2.34. The van der Waals surface area contributed by atoms with Crippen molar-refractivity contribution >= 4 is 43.7 Å². The third-order valence-electron chi connectivity index (χ3n) is 4.34. The van der Waals surface area contributed by atoms with Crippen LogP contribution in [0.3, 0.4) is 0 Å². The molecule has 6 nitrogen and oxygen atoms in total. The Bertz CT molecular complexity index is 1020. The molecule has 1 N–H and O–H groups in total. The van der Waals surface area contributed by atoms with Gasteiger partial charge in [0, 0.05) is 30.7 Å². The lowest BCUT2D eigenvalue weighted by molar-refractivity contribution is 0.349. The van der Waals surface area contributed by atoms with Gasteiger partial charge in [-0.05, 0) is 43.7 Å². The number of nitrogens with zero attached hydrogens (tertiary/aromatic N) is 2. The Kier molecular flexibility index (Phi) is 6.67. The van der Waals surface area contributed by atoms with E-state index in [1.54, 1.807) is 12.1 Å². The standard InChI is InChI=1S/C19H22ClN3O3S2/c1-14(2)23(10-9-21-12-15-5-3-6-16(20)11-15)28(25,26)18-8-4-7-17-19(18)27(24)13-22-17/h3-8,11,13-14,21H,9-10,12H2,1-2H3. The molecule has 1 unspecified atom stereocenters. The molecule has 150 valence electrons. The van der Waals surface area contributed by atoms with E-state index in [-0.39, 0.29) is 22.4 Å². The summed E-state index contributed by atoms with van der Waals surface area (Å²) in [6.45, 7) is 5.00. The van der Waals surface area contributed by atoms with Crippen molar-refractivity contribution in [2.24, 2.45) is 4.99 Å². The summed E-state index contributed by atoms with van der Waals surface area (Å²) < 4.78 is 40.2. The van der Waals surface area contributed by atoms with Gasteiger partial charge in [0.2, 0.25) is 10.0 Å². The van der Waals surface area contributed by atoms with Gasteiger partial charge in [-0.25, -0.2) is 17.6 Å². The first kappa shape index (κ1) is 21.1. The maximum absolute atomic E-state index is 13.3. The molecule has 3 rings (SSSR count). The Morgan fingerprint density at radius 1 is 1.21 bits per heavy atom. The molecule has 1 atom stereocenters. The lowest BCUT2D eigenvalue weighted by Gasteiger charge is -2.26. The second kappa shape index (κ2) is 8.84. The molecule has 0 radical (unpaired) electrons. The number of aliphatic imine (C=N–C) groups is 1. The van der Waals surface area contributed by atoms with Gasteiger partial charge in [-0.1, -0.05) is 29.8 Å². The first-order valence-corrected chi connectivity index (χ1v) is 11.9. The molecule has 0 aromatic heterocycles. The predicted molar refractivity (Wildman–Crippen MR) is 113 cm³/mol. The van der Waals surface area contributed by atoms with Crippen molar-refractivity contribution in [1.29, 1.82) is 0 Å². The van der Waals surface area contributed by atoms with Crippen molar-refractivity contribution in [1.82, 2.24) is 9.62 Å². The Labute approximate surface area is 173 Å². The molecular formula is C19H22ClN3O3S2. The van der Waals surface area contributed by atoms with Crippen molar-refractivity contribution in [3.63, 3.8) is 0 Å². The van der Waals surface area contributed by atoms with Gasteiger partial charge in [-0.2, -0.15) is 4.31 Å². The molecule has 0 spiro atoms. The third-order valence-corrected chi connectivity index (χ3v) is 7.95. The summed E-state index contributed by atoms with van der Waals surface area (Å²) in [4.78, 5) is 4.37. The molecular weight excluding hydrogens is 418 g/mol. The molecule has 2 aromatic carbocycles. The van der Waals surface area contributed by atoms with E-state index in [0.29, 0.717) is 23.8 Å². The van der Waals surface area contributed by atoms with Gasteiger partial charge in [0.05, 0.1) is 26.9 Å². The van der Waals surface area contributed by atoms with Gasteiger partial charge in [0.25, 0.3) is 0 Å². The fourth-order valence-corrected chi connectivity index (χ4v) is 6.43. The minimum Gasteiger partial charge on any atom is -0.311 e. The SMILES string of the molecule is CC(C)N(CCNCc1cccc(Cl)c1)S(=O)(=O)c1cccc2c1S(=O)C=N2. The maximum Gasteiger partial charge on any atom is 0.244 e. The maximum atomic E-state index is 13.3. The van der Waals surface area contributed by atoms with E-state index in [9.17, 15) is 12.6 Å². The van der Waals surface area contributed by atoms with Crippen molar-refractivity contribution in [3.05, 3.63) is 53.1 Å². The first-order valence-electron chi connectivity index (χ1n) is 8.85. The zero-order valence-corrected chi connectivity index (χ0v) is 18.0. The molecule has 1 aliphatic heterocycles. The van der Waals surface area contributed by atoms with Crippen LogP contribution in [0.15, 0.2) is 57.2 Å². The summed E-state index contributed by atoms with van der Waals surface area (Å²) in [6.07, 6.45) is 0. The van der Waals surface area contributed by atoms with Gasteiger partial charge in [0.1, 0.15) is 4.90 Å². The van der Waals surface area contributed by atoms with Crippen LogP contribution in [-0.4, -0.2) is 41.6 Å². The van der Waals surface area contributed by atoms with Crippen LogP contribution in [0.5, 0.6) is 0 Å². The van der Waals surface area contributed by atoms with Crippen LogP contribution in [0.25, 0.3) is 0 Å². The molecule has 9 heteroatoms. The zero-order valence-electron chi connectivity index (χ0n) is 15.6. The normalized spacial score (nSPS) is 16.1. The number of hydrogen-bond donors (Lipinski definition) is 1. The van der Waals surface area contributed by atoms with Crippen LogP contribution in [0.4, 0.5) is 5.69 Å². The number of halogens is 1. The quantitative estimate of drug-likeness (QED) is 0.640. The van der Waals surface area contributed by atoms with Gasteiger partial charge >= 0.3 is 0 Å². The number of benzene rings is 2. The van der Waals surface area contributed by atoms with E-state index in [1.165, 1.54) is 15.9 Å². The first-order chi connectivity index (χ1) is 13.3. The summed E-state index contributed by atoms with van der Waals surface area (Å²) in [7, 11) is -5.36. The van der Waals surface area contributed by atoms with Crippen LogP contribution in [0, 0.1) is 0 Å². The van der Waals surface area contributed by atoms with Gasteiger partial charge in [-0.15, -0.1) is 0 Å². The third kappa shape index (κ3) is 4.52. The highest BCUT2D eigenvalue weighted by atomic mass is 35.5. The molecule has 0 saturated heterocycles. The van der Waals surface area contributed by atoms with E-state index in [1.807, 2.05) is 38.1 Å². The monoisotopic (exact) mass is 439 g/mol. The number of sulfonamides is 1. The van der Waals surface area contributed by atoms with Crippen LogP contribution in [-0.2, 0) is 27.4 Å². The highest BCUT2D eigenvalue weighted by molar-refractivity contribution is 7.99. The fourth-order valence-electron chi connectivity index (χ4n) is 3.02. The summed E-state index contributed by atoms with van der Waals surface area (Å²) in [5, 5.41) is 3.92. The summed E-state index contributed by atoms with van der Waals surface area (Å²) in [5.41, 5.74) is 2.75. The van der Waals surface area contributed by atoms with Crippen LogP contribution in [0.1, 0.15) is 19.4 Å². The number of fused-ring (bicyclic) bond motifs is 1. The molecule has 0 bridgehead atoms. The fraction of sp³-hybridized carbons (Fsp3) is 0.316. The van der Waals surface area contributed by atoms with Crippen molar-refractivity contribution in [2.75, 3.05) is 13.1 Å². The molecule has 1 heterocycles. The number of nitrogens with one attached hydrogen (secondary N) is 1. The van der Waals surface area contributed by atoms with E-state index >= 15 is 0 Å². The summed E-state index contributed by atoms with van der Waals surface area (Å²) >= 11 is 5.99. The average Bonchev–Trinajstić information content (AvgIpc) is 3.02. The topological polar surface area (TPSA) is 78.8 Å². The molecule has 1 aliphatic rings. The Balaban J connectivity index is 1.73. The molecule has 0 aliphatic carbocycles. The second-order valence-corrected chi connectivity index (χ2v) is 10.2. The van der Waals surface area contributed by atoms with Crippen LogP contribution in [0.2, 0.25) is 5.02 Å². The largest absolute Gasteiger partial charge is 0.311 e. The van der Waals surface area contributed by atoms with Crippen LogP contribution >= 0.6 is 11.6 Å². The zero-order chi connectivity index (χ0) is 20.3. The highest BCUT2D eigenvalue weighted by Gasteiger charge is 2.32. The van der Waals surface area contributed by atoms with Crippen LogP contribution < -0.4 is 5.32 Å². The summed E-state index contributed by atoms with van der Waals surface area (Å²) in [5.74, 6) is 0. The Morgan fingerprint density at radius 3 is 2.68 bits per heavy atom. The predicted octanol–water partition coefficient (Wildman–Crippen LogP) is 3.31. The van der Waals surface area contributed by atoms with Gasteiger partial charge in [0.15, 0.2) is 0 Å². The lowest BCUT2D eigenvalue weighted by Crippen LogP contribution is -2.41. The minimum absolute atomic E-state index is 0.0596. The smallest absolute Gasteiger partial charge is 0.244 e. The molecule has 0 amide bonds. The molecule has 0 fully saturated rings. The number of rotatable bonds is 8. The van der Waals surface area contributed by atoms with E-state index in [4.69, 9.17) is 11.6 Å². The van der Waals surface area contributed by atoms with E-state index < -0.39 is 20.8 Å². The van der Waals surface area contributed by atoms with Gasteiger partial charge < -0.3 is 5.32 Å². The minimum atomic E-state index is -3.81. The molecule has 28 heavy (non-hydrogen) atoms. The number of hydrogen-bond acceptors (Lipinski definition) is 5. The van der Waals surface area contributed by atoms with Gasteiger partial charge in [-0.3, -0.25) is 0 Å². The van der Waals surface area contributed by atoms with Crippen molar-refractivity contribution in [2.45, 2.75) is 36.2 Å². The van der Waals surface area contributed by atoms with E-state index in [0.717, 1.165) is 5.56 Å².